The van der Waals surface area contributed by atoms with Gasteiger partial charge in [0, 0.05) is 30.6 Å². The monoisotopic (exact) mass is 163 g/mol. The lowest BCUT2D eigenvalue weighted by Gasteiger charge is -2.11. The van der Waals surface area contributed by atoms with Crippen LogP contribution in [-0.2, 0) is 0 Å². The van der Waals surface area contributed by atoms with Gasteiger partial charge in [-0.1, -0.05) is 12.1 Å². The Morgan fingerprint density at radius 1 is 1.17 bits per heavy atom. The van der Waals surface area contributed by atoms with Crippen LogP contribution in [0.25, 0.3) is 0 Å². The highest BCUT2D eigenvalue weighted by molar-refractivity contribution is 5.46. The molecule has 0 aliphatic rings. The van der Waals surface area contributed by atoms with Gasteiger partial charge in [0.2, 0.25) is 0 Å². The molecular formula is C9H13N3. The van der Waals surface area contributed by atoms with Gasteiger partial charge in [-0.25, -0.2) is 0 Å². The van der Waals surface area contributed by atoms with Crippen LogP contribution in [0.2, 0.25) is 0 Å². The molecule has 0 fully saturated rings. The molecule has 3 heteroatoms. The highest BCUT2D eigenvalue weighted by Gasteiger charge is 1.91. The van der Waals surface area contributed by atoms with E-state index in [1.165, 1.54) is 11.3 Å². The van der Waals surface area contributed by atoms with E-state index in [1.54, 1.807) is 0 Å². The van der Waals surface area contributed by atoms with Gasteiger partial charge in [-0.05, 0) is 24.6 Å². The van der Waals surface area contributed by atoms with Gasteiger partial charge in [0.05, 0.1) is 0 Å². The quantitative estimate of drug-likeness (QED) is 0.595. The van der Waals surface area contributed by atoms with Crippen molar-refractivity contribution in [2.45, 2.75) is 6.92 Å². The summed E-state index contributed by atoms with van der Waals surface area (Å²) >= 11 is 0. The van der Waals surface area contributed by atoms with Crippen LogP contribution < -0.4 is 4.90 Å². The first-order valence-electron chi connectivity index (χ1n) is 3.64. The lowest BCUT2D eigenvalue weighted by atomic mass is 10.2. The molecule has 0 amide bonds. The first kappa shape index (κ1) is 10.4. The third-order valence-electron chi connectivity index (χ3n) is 1.52. The zero-order valence-electron chi connectivity index (χ0n) is 7.65. The number of nitrogens with zero attached hydrogens (tertiary/aromatic N) is 3. The van der Waals surface area contributed by atoms with Gasteiger partial charge in [-0.3, -0.25) is 0 Å². The lowest BCUT2D eigenvalue weighted by Crippen LogP contribution is -2.08. The molecule has 0 bridgehead atoms. The SMILES string of the molecule is Cc1cccc(N(C)C)c1.N#N. The number of anilines is 1. The second-order valence-corrected chi connectivity index (χ2v) is 2.73. The summed E-state index contributed by atoms with van der Waals surface area (Å²) in [4.78, 5) is 2.10. The third-order valence-corrected chi connectivity index (χ3v) is 1.52. The Labute approximate surface area is 73.0 Å². The van der Waals surface area contributed by atoms with Crippen molar-refractivity contribution in [2.24, 2.45) is 0 Å². The van der Waals surface area contributed by atoms with E-state index in [0.717, 1.165) is 0 Å². The van der Waals surface area contributed by atoms with E-state index < -0.39 is 0 Å². The van der Waals surface area contributed by atoms with Crippen molar-refractivity contribution in [3.8, 4) is 0 Å². The van der Waals surface area contributed by atoms with E-state index in [9.17, 15) is 0 Å². The maximum absolute atomic E-state index is 6.00. The van der Waals surface area contributed by atoms with Crippen LogP contribution in [0.15, 0.2) is 24.3 Å². The summed E-state index contributed by atoms with van der Waals surface area (Å²) in [5.41, 5.74) is 2.58. The van der Waals surface area contributed by atoms with Crippen molar-refractivity contribution in [3.05, 3.63) is 29.8 Å². The Bertz CT molecular complexity index is 253. The van der Waals surface area contributed by atoms with Crippen LogP contribution in [0.4, 0.5) is 5.69 Å². The van der Waals surface area contributed by atoms with Gasteiger partial charge in [0.15, 0.2) is 0 Å². The highest BCUT2D eigenvalue weighted by Crippen LogP contribution is 2.11. The Balaban J connectivity index is 0.000000561. The fraction of sp³-hybridized carbons (Fsp3) is 0.333. The van der Waals surface area contributed by atoms with Crippen LogP contribution >= 0.6 is 0 Å². The Morgan fingerprint density at radius 2 is 1.75 bits per heavy atom. The van der Waals surface area contributed by atoms with Crippen LogP contribution in [0.1, 0.15) is 5.56 Å². The summed E-state index contributed by atoms with van der Waals surface area (Å²) in [6, 6.07) is 8.45. The fourth-order valence-electron chi connectivity index (χ4n) is 0.906. The summed E-state index contributed by atoms with van der Waals surface area (Å²) in [7, 11) is 4.10. The Hall–Kier alpha value is -1.56. The molecular weight excluding hydrogens is 150 g/mol. The predicted octanol–water partition coefficient (Wildman–Crippen LogP) is 2.09. The van der Waals surface area contributed by atoms with E-state index in [4.69, 9.17) is 10.8 Å². The van der Waals surface area contributed by atoms with E-state index in [0.29, 0.717) is 0 Å². The number of rotatable bonds is 1. The molecule has 0 aromatic heterocycles. The minimum atomic E-state index is 1.26. The summed E-state index contributed by atoms with van der Waals surface area (Å²) < 4.78 is 0. The minimum absolute atomic E-state index is 1.26. The number of aryl methyl sites for hydroxylation is 1. The van der Waals surface area contributed by atoms with Gasteiger partial charge < -0.3 is 4.90 Å². The largest absolute Gasteiger partial charge is 0.378 e. The third kappa shape index (κ3) is 3.02. The first-order valence-corrected chi connectivity index (χ1v) is 3.64. The smallest absolute Gasteiger partial charge is 0.0363 e. The van der Waals surface area contributed by atoms with Crippen molar-refractivity contribution in [1.29, 1.82) is 10.8 Å². The average Bonchev–Trinajstić information content (AvgIpc) is 2.08. The molecule has 12 heavy (non-hydrogen) atoms. The maximum Gasteiger partial charge on any atom is 0.0363 e. The van der Waals surface area contributed by atoms with E-state index in [-0.39, 0.29) is 0 Å². The number of benzene rings is 1. The van der Waals surface area contributed by atoms with Gasteiger partial charge in [-0.2, -0.15) is 0 Å². The number of hydrogen-bond donors (Lipinski definition) is 0. The molecule has 1 aromatic carbocycles. The summed E-state index contributed by atoms with van der Waals surface area (Å²) in [6.45, 7) is 2.10. The Kier molecular flexibility index (Phi) is 4.47. The van der Waals surface area contributed by atoms with E-state index in [1.807, 2.05) is 0 Å². The van der Waals surface area contributed by atoms with Crippen molar-refractivity contribution in [2.75, 3.05) is 19.0 Å². The molecule has 64 valence electrons. The van der Waals surface area contributed by atoms with Crippen LogP contribution in [-0.4, -0.2) is 14.1 Å². The second kappa shape index (κ2) is 5.14. The normalized spacial score (nSPS) is 8.08. The molecule has 0 heterocycles. The highest BCUT2D eigenvalue weighted by atomic mass is 15.1. The molecule has 0 aliphatic carbocycles. The molecule has 0 spiro atoms. The second-order valence-electron chi connectivity index (χ2n) is 2.73. The van der Waals surface area contributed by atoms with Crippen LogP contribution in [0.5, 0.6) is 0 Å². The minimum Gasteiger partial charge on any atom is -0.378 e. The molecule has 3 nitrogen and oxygen atoms in total. The van der Waals surface area contributed by atoms with Crippen LogP contribution in [0.3, 0.4) is 0 Å². The molecule has 0 N–H and O–H groups in total. The van der Waals surface area contributed by atoms with E-state index >= 15 is 0 Å². The molecule has 0 radical (unpaired) electrons. The molecule has 1 rings (SSSR count). The van der Waals surface area contributed by atoms with Crippen molar-refractivity contribution >= 4 is 5.69 Å². The molecule has 0 unspecified atom stereocenters. The Morgan fingerprint density at radius 3 is 2.08 bits per heavy atom. The maximum atomic E-state index is 6.00. The summed E-state index contributed by atoms with van der Waals surface area (Å²) in [5, 5.41) is 12.0. The summed E-state index contributed by atoms with van der Waals surface area (Å²) in [6.07, 6.45) is 0. The van der Waals surface area contributed by atoms with Gasteiger partial charge in [0.1, 0.15) is 0 Å². The lowest BCUT2D eigenvalue weighted by molar-refractivity contribution is 1.13. The molecule has 0 atom stereocenters. The zero-order chi connectivity index (χ0) is 9.56. The molecule has 0 aliphatic heterocycles. The first-order chi connectivity index (χ1) is 5.70. The zero-order valence-corrected chi connectivity index (χ0v) is 7.65. The van der Waals surface area contributed by atoms with Gasteiger partial charge in [-0.15, -0.1) is 0 Å². The van der Waals surface area contributed by atoms with E-state index in [2.05, 4.69) is 50.2 Å². The van der Waals surface area contributed by atoms with Crippen LogP contribution in [0, 0.1) is 17.7 Å². The average molecular weight is 163 g/mol. The standard InChI is InChI=1S/C9H13N.N2/c1-8-5-4-6-9(7-8)10(2)3;1-2/h4-7H,1-3H3;. The molecule has 1 aromatic rings. The fourth-order valence-corrected chi connectivity index (χ4v) is 0.906. The number of hydrogen-bond acceptors (Lipinski definition) is 3. The van der Waals surface area contributed by atoms with Gasteiger partial charge in [0.25, 0.3) is 0 Å². The molecule has 0 saturated carbocycles. The topological polar surface area (TPSA) is 50.8 Å². The molecule has 0 saturated heterocycles. The van der Waals surface area contributed by atoms with Crippen molar-refractivity contribution in [3.63, 3.8) is 0 Å². The van der Waals surface area contributed by atoms with Crippen molar-refractivity contribution < 1.29 is 0 Å². The van der Waals surface area contributed by atoms with Crippen molar-refractivity contribution in [1.82, 2.24) is 0 Å². The summed E-state index contributed by atoms with van der Waals surface area (Å²) in [5.74, 6) is 0. The van der Waals surface area contributed by atoms with Gasteiger partial charge >= 0.3 is 0 Å². The predicted molar refractivity (Wildman–Crippen MR) is 49.0 cm³/mol.